The minimum atomic E-state index is -3.35. The van der Waals surface area contributed by atoms with Crippen molar-refractivity contribution in [3.8, 4) is 0 Å². The fourth-order valence-corrected chi connectivity index (χ4v) is 4.67. The number of hydrogen-bond donors (Lipinski definition) is 1. The molecule has 0 atom stereocenters. The number of anilines is 2. The lowest BCUT2D eigenvalue weighted by molar-refractivity contribution is -0.116. The van der Waals surface area contributed by atoms with Crippen molar-refractivity contribution in [1.29, 1.82) is 0 Å². The highest BCUT2D eigenvalue weighted by Crippen LogP contribution is 2.33. The van der Waals surface area contributed by atoms with Crippen LogP contribution in [0.5, 0.6) is 0 Å². The summed E-state index contributed by atoms with van der Waals surface area (Å²) in [6.45, 7) is 0.379. The summed E-state index contributed by atoms with van der Waals surface area (Å²) in [4.78, 5) is 12.1. The standard InChI is InChI=1S/C18H18ClFN2O3S/c19-16-8-7-15(12-17(16)22-10-1-11-26(22,24)25)21-18(23)9-4-13-2-5-14(20)6-3-13/h2-3,5-8,12H,1,4,9-11H2,(H,21,23). The van der Waals surface area contributed by atoms with Gasteiger partial charge in [-0.25, -0.2) is 12.8 Å². The summed E-state index contributed by atoms with van der Waals surface area (Å²) in [7, 11) is -3.35. The third kappa shape index (κ3) is 4.34. The van der Waals surface area contributed by atoms with E-state index in [1.807, 2.05) is 0 Å². The number of carbonyl (C=O) groups excluding carboxylic acids is 1. The maximum atomic E-state index is 12.9. The Balaban J connectivity index is 1.67. The average Bonchev–Trinajstić information content (AvgIpc) is 2.95. The molecule has 0 radical (unpaired) electrons. The van der Waals surface area contributed by atoms with Crippen molar-refractivity contribution in [2.75, 3.05) is 21.9 Å². The first kappa shape index (κ1) is 18.7. The van der Waals surface area contributed by atoms with E-state index < -0.39 is 10.0 Å². The van der Waals surface area contributed by atoms with Crippen LogP contribution in [0.25, 0.3) is 0 Å². The molecule has 0 aliphatic carbocycles. The van der Waals surface area contributed by atoms with E-state index >= 15 is 0 Å². The molecular formula is C18H18ClFN2O3S. The molecule has 1 aliphatic rings. The Kier molecular flexibility index (Phi) is 5.48. The van der Waals surface area contributed by atoms with Gasteiger partial charge in [0, 0.05) is 18.7 Å². The number of nitrogens with zero attached hydrogens (tertiary/aromatic N) is 1. The van der Waals surface area contributed by atoms with Gasteiger partial charge in [-0.2, -0.15) is 0 Å². The maximum absolute atomic E-state index is 12.9. The quantitative estimate of drug-likeness (QED) is 0.839. The summed E-state index contributed by atoms with van der Waals surface area (Å²) in [6, 6.07) is 10.8. The van der Waals surface area contributed by atoms with Gasteiger partial charge < -0.3 is 5.32 Å². The highest BCUT2D eigenvalue weighted by atomic mass is 35.5. The van der Waals surface area contributed by atoms with Gasteiger partial charge in [-0.3, -0.25) is 9.10 Å². The molecular weight excluding hydrogens is 379 g/mol. The molecule has 8 heteroatoms. The number of benzene rings is 2. The van der Waals surface area contributed by atoms with Gasteiger partial charge in [-0.15, -0.1) is 0 Å². The summed E-state index contributed by atoms with van der Waals surface area (Å²) in [5.74, 6) is -0.437. The largest absolute Gasteiger partial charge is 0.326 e. The summed E-state index contributed by atoms with van der Waals surface area (Å²) in [5.41, 5.74) is 1.72. The zero-order chi connectivity index (χ0) is 18.7. The normalized spacial score (nSPS) is 15.8. The molecule has 0 unspecified atom stereocenters. The molecule has 138 valence electrons. The number of aryl methyl sites for hydroxylation is 1. The predicted octanol–water partition coefficient (Wildman–Crippen LogP) is 3.59. The molecule has 3 rings (SSSR count). The van der Waals surface area contributed by atoms with Crippen LogP contribution in [0.3, 0.4) is 0 Å². The third-order valence-electron chi connectivity index (χ3n) is 4.15. The van der Waals surface area contributed by atoms with Crippen molar-refractivity contribution in [2.45, 2.75) is 19.3 Å². The van der Waals surface area contributed by atoms with Gasteiger partial charge in [-0.05, 0) is 48.7 Å². The molecule has 0 spiro atoms. The molecule has 2 aromatic carbocycles. The molecule has 1 saturated heterocycles. The van der Waals surface area contributed by atoms with Gasteiger partial charge >= 0.3 is 0 Å². The van der Waals surface area contributed by atoms with Gasteiger partial charge in [-0.1, -0.05) is 23.7 Å². The molecule has 0 bridgehead atoms. The van der Waals surface area contributed by atoms with Crippen LogP contribution in [0.15, 0.2) is 42.5 Å². The first-order chi connectivity index (χ1) is 12.3. The van der Waals surface area contributed by atoms with Gasteiger partial charge in [0.15, 0.2) is 0 Å². The zero-order valence-corrected chi connectivity index (χ0v) is 15.5. The van der Waals surface area contributed by atoms with E-state index in [0.717, 1.165) is 5.56 Å². The Morgan fingerprint density at radius 1 is 1.19 bits per heavy atom. The van der Waals surface area contributed by atoms with Crippen molar-refractivity contribution in [3.05, 3.63) is 58.9 Å². The topological polar surface area (TPSA) is 66.5 Å². The monoisotopic (exact) mass is 396 g/mol. The fraction of sp³-hybridized carbons (Fsp3) is 0.278. The van der Waals surface area contributed by atoms with E-state index in [2.05, 4.69) is 5.32 Å². The SMILES string of the molecule is O=C(CCc1ccc(F)cc1)Nc1ccc(Cl)c(N2CCCS2(=O)=O)c1. The van der Waals surface area contributed by atoms with Crippen LogP contribution in [-0.2, 0) is 21.2 Å². The Bertz CT molecular complexity index is 917. The van der Waals surface area contributed by atoms with Gasteiger partial charge in [0.2, 0.25) is 15.9 Å². The molecule has 1 N–H and O–H groups in total. The first-order valence-electron chi connectivity index (χ1n) is 8.19. The number of hydrogen-bond acceptors (Lipinski definition) is 3. The van der Waals surface area contributed by atoms with E-state index in [1.54, 1.807) is 30.3 Å². The summed E-state index contributed by atoms with van der Waals surface area (Å²) in [5, 5.41) is 3.07. The van der Waals surface area contributed by atoms with E-state index in [1.165, 1.54) is 16.4 Å². The van der Waals surface area contributed by atoms with E-state index in [4.69, 9.17) is 11.6 Å². The van der Waals surface area contributed by atoms with Crippen LogP contribution in [-0.4, -0.2) is 26.6 Å². The summed E-state index contributed by atoms with van der Waals surface area (Å²) < 4.78 is 38.3. The predicted molar refractivity (Wildman–Crippen MR) is 101 cm³/mol. The van der Waals surface area contributed by atoms with Gasteiger partial charge in [0.1, 0.15) is 5.82 Å². The van der Waals surface area contributed by atoms with E-state index in [0.29, 0.717) is 35.8 Å². The van der Waals surface area contributed by atoms with Gasteiger partial charge in [0.25, 0.3) is 0 Å². The second-order valence-electron chi connectivity index (χ2n) is 6.08. The molecule has 5 nitrogen and oxygen atoms in total. The molecule has 1 amide bonds. The first-order valence-corrected chi connectivity index (χ1v) is 10.2. The van der Waals surface area contributed by atoms with Crippen LogP contribution in [0.4, 0.5) is 15.8 Å². The molecule has 1 aliphatic heterocycles. The van der Waals surface area contributed by atoms with Crippen molar-refractivity contribution in [2.24, 2.45) is 0 Å². The summed E-state index contributed by atoms with van der Waals surface area (Å²) >= 11 is 6.14. The van der Waals surface area contributed by atoms with Crippen LogP contribution in [0.2, 0.25) is 5.02 Å². The van der Waals surface area contributed by atoms with Crippen LogP contribution in [0.1, 0.15) is 18.4 Å². The molecule has 1 heterocycles. The lowest BCUT2D eigenvalue weighted by Gasteiger charge is -2.19. The molecule has 0 saturated carbocycles. The number of rotatable bonds is 5. The number of carbonyl (C=O) groups is 1. The van der Waals surface area contributed by atoms with Crippen molar-refractivity contribution >= 4 is 38.9 Å². The lowest BCUT2D eigenvalue weighted by Crippen LogP contribution is -2.25. The Morgan fingerprint density at radius 2 is 1.92 bits per heavy atom. The molecule has 2 aromatic rings. The number of amides is 1. The van der Waals surface area contributed by atoms with Gasteiger partial charge in [0.05, 0.1) is 16.5 Å². The second kappa shape index (κ2) is 7.63. The zero-order valence-electron chi connectivity index (χ0n) is 13.9. The second-order valence-corrected chi connectivity index (χ2v) is 8.50. The summed E-state index contributed by atoms with van der Waals surface area (Å²) in [6.07, 6.45) is 1.26. The Labute approximate surface area is 156 Å². The highest BCUT2D eigenvalue weighted by Gasteiger charge is 2.30. The molecule has 1 fully saturated rings. The van der Waals surface area contributed by atoms with Crippen molar-refractivity contribution < 1.29 is 17.6 Å². The molecule has 0 aromatic heterocycles. The smallest absolute Gasteiger partial charge is 0.235 e. The average molecular weight is 397 g/mol. The fourth-order valence-electron chi connectivity index (χ4n) is 2.82. The number of nitrogens with one attached hydrogen (secondary N) is 1. The molecule has 26 heavy (non-hydrogen) atoms. The third-order valence-corrected chi connectivity index (χ3v) is 6.33. The maximum Gasteiger partial charge on any atom is 0.235 e. The van der Waals surface area contributed by atoms with Crippen LogP contribution < -0.4 is 9.62 Å². The number of halogens is 2. The van der Waals surface area contributed by atoms with Crippen molar-refractivity contribution in [3.63, 3.8) is 0 Å². The van der Waals surface area contributed by atoms with Crippen LogP contribution in [0, 0.1) is 5.82 Å². The Hall–Kier alpha value is -2.12. The highest BCUT2D eigenvalue weighted by molar-refractivity contribution is 7.93. The van der Waals surface area contributed by atoms with Crippen molar-refractivity contribution in [1.82, 2.24) is 0 Å². The minimum Gasteiger partial charge on any atom is -0.326 e. The van der Waals surface area contributed by atoms with E-state index in [-0.39, 0.29) is 23.9 Å². The number of sulfonamides is 1. The van der Waals surface area contributed by atoms with Crippen LogP contribution >= 0.6 is 11.6 Å². The lowest BCUT2D eigenvalue weighted by atomic mass is 10.1. The van der Waals surface area contributed by atoms with E-state index in [9.17, 15) is 17.6 Å². The minimum absolute atomic E-state index is 0.0948. The Morgan fingerprint density at radius 3 is 2.58 bits per heavy atom.